The van der Waals surface area contributed by atoms with E-state index in [1.54, 1.807) is 32.2 Å². The second kappa shape index (κ2) is 6.88. The van der Waals surface area contributed by atoms with Crippen LogP contribution in [0.15, 0.2) is 51.9 Å². The Labute approximate surface area is 167 Å². The van der Waals surface area contributed by atoms with Gasteiger partial charge in [-0.1, -0.05) is 30.7 Å². The fraction of sp³-hybridized carbons (Fsp3) is 0.250. The molecule has 0 saturated heterocycles. The van der Waals surface area contributed by atoms with Gasteiger partial charge in [-0.05, 0) is 29.8 Å². The van der Waals surface area contributed by atoms with Gasteiger partial charge in [0.2, 0.25) is 6.29 Å². The molecule has 4 rings (SSSR count). The molecular weight excluding hydrogens is 411 g/mol. The molecule has 0 radical (unpaired) electrons. The molecular formula is C20H15ClF3NO4. The van der Waals surface area contributed by atoms with Crippen molar-refractivity contribution in [1.82, 2.24) is 4.57 Å². The topological polar surface area (TPSA) is 53.6 Å². The molecule has 2 aromatic carbocycles. The first-order valence-corrected chi connectivity index (χ1v) is 9.02. The van der Waals surface area contributed by atoms with Gasteiger partial charge in [-0.25, -0.2) is 4.79 Å². The van der Waals surface area contributed by atoms with Crippen LogP contribution in [0.4, 0.5) is 13.2 Å². The molecule has 1 aromatic heterocycles. The van der Waals surface area contributed by atoms with Gasteiger partial charge >= 0.3 is 11.9 Å². The van der Waals surface area contributed by atoms with Crippen LogP contribution in [-0.4, -0.2) is 10.9 Å². The van der Waals surface area contributed by atoms with E-state index in [0.717, 1.165) is 6.07 Å². The van der Waals surface area contributed by atoms with Gasteiger partial charge < -0.3 is 13.9 Å². The van der Waals surface area contributed by atoms with E-state index in [1.165, 1.54) is 23.0 Å². The minimum absolute atomic E-state index is 0.269. The quantitative estimate of drug-likeness (QED) is 0.573. The van der Waals surface area contributed by atoms with E-state index < -0.39 is 29.7 Å². The fourth-order valence-corrected chi connectivity index (χ4v) is 3.62. The zero-order valence-electron chi connectivity index (χ0n) is 15.3. The molecule has 1 aliphatic rings. The number of benzene rings is 2. The normalized spacial score (nSPS) is 17.7. The van der Waals surface area contributed by atoms with Crippen LogP contribution in [0.5, 0.6) is 0 Å². The number of alkyl halides is 3. The summed E-state index contributed by atoms with van der Waals surface area (Å²) in [5, 5.41) is -0.374. The standard InChI is InChI=1S/C20H15ClF3NO4/c1-10(12-4-3-5-13(17(12)21)20(22,23)24)18-27-9-16(28-18)11-6-7-14-15(8-11)29-19(26)25(14)2/h3-10,18H,1-2H3. The number of aryl methyl sites for hydroxylation is 1. The SMILES string of the molecule is CC(c1cccc(C(F)(F)F)c1Cl)C1OC=C(c2ccc3c(c2)oc(=O)n3C)O1. The number of hydrogen-bond donors (Lipinski definition) is 0. The molecule has 0 N–H and O–H groups in total. The van der Waals surface area contributed by atoms with Crippen molar-refractivity contribution in [2.75, 3.05) is 0 Å². The molecule has 3 aromatic rings. The van der Waals surface area contributed by atoms with Crippen LogP contribution in [0.3, 0.4) is 0 Å². The Balaban J connectivity index is 1.58. The van der Waals surface area contributed by atoms with Crippen molar-refractivity contribution in [3.63, 3.8) is 0 Å². The monoisotopic (exact) mass is 425 g/mol. The van der Waals surface area contributed by atoms with Crippen LogP contribution in [0.2, 0.25) is 5.02 Å². The molecule has 2 heterocycles. The Bertz CT molecular complexity index is 1180. The van der Waals surface area contributed by atoms with Gasteiger partial charge in [0.1, 0.15) is 6.26 Å². The van der Waals surface area contributed by atoms with Gasteiger partial charge in [0.05, 0.1) is 22.0 Å². The molecule has 2 atom stereocenters. The van der Waals surface area contributed by atoms with Crippen LogP contribution in [-0.2, 0) is 22.7 Å². The van der Waals surface area contributed by atoms with E-state index in [-0.39, 0.29) is 10.6 Å². The van der Waals surface area contributed by atoms with Gasteiger partial charge in [-0.2, -0.15) is 13.2 Å². The molecule has 152 valence electrons. The van der Waals surface area contributed by atoms with E-state index in [4.69, 9.17) is 25.5 Å². The summed E-state index contributed by atoms with van der Waals surface area (Å²) in [7, 11) is 1.60. The molecule has 0 bridgehead atoms. The van der Waals surface area contributed by atoms with Gasteiger partial charge in [-0.15, -0.1) is 0 Å². The van der Waals surface area contributed by atoms with Crippen molar-refractivity contribution in [2.45, 2.75) is 25.3 Å². The number of rotatable bonds is 3. The fourth-order valence-electron chi connectivity index (χ4n) is 3.22. The zero-order chi connectivity index (χ0) is 20.9. The third-order valence-corrected chi connectivity index (χ3v) is 5.28. The minimum atomic E-state index is -4.55. The number of hydrogen-bond acceptors (Lipinski definition) is 4. The third kappa shape index (κ3) is 3.37. The summed E-state index contributed by atoms with van der Waals surface area (Å²) in [6, 6.07) is 8.82. The number of ether oxygens (including phenoxy) is 2. The second-order valence-electron chi connectivity index (χ2n) is 6.71. The second-order valence-corrected chi connectivity index (χ2v) is 7.09. The lowest BCUT2D eigenvalue weighted by Crippen LogP contribution is -2.19. The van der Waals surface area contributed by atoms with Crippen molar-refractivity contribution in [1.29, 1.82) is 0 Å². The van der Waals surface area contributed by atoms with Crippen LogP contribution in [0.1, 0.15) is 29.5 Å². The van der Waals surface area contributed by atoms with Crippen LogP contribution < -0.4 is 5.76 Å². The van der Waals surface area contributed by atoms with Crippen molar-refractivity contribution in [3.05, 3.63) is 74.9 Å². The number of nitrogens with zero attached hydrogens (tertiary/aromatic N) is 1. The maximum Gasteiger partial charge on any atom is 0.419 e. The first kappa shape index (κ1) is 19.4. The average Bonchev–Trinajstić information content (AvgIpc) is 3.26. The van der Waals surface area contributed by atoms with E-state index in [2.05, 4.69) is 0 Å². The van der Waals surface area contributed by atoms with E-state index in [0.29, 0.717) is 22.4 Å². The van der Waals surface area contributed by atoms with Crippen LogP contribution in [0.25, 0.3) is 16.9 Å². The Morgan fingerprint density at radius 2 is 1.97 bits per heavy atom. The predicted octanol–water partition coefficient (Wildman–Crippen LogP) is 5.28. The number of fused-ring (bicyclic) bond motifs is 1. The Morgan fingerprint density at radius 1 is 1.21 bits per heavy atom. The number of halogens is 4. The summed E-state index contributed by atoms with van der Waals surface area (Å²) in [5.74, 6) is -0.685. The molecule has 0 saturated carbocycles. The van der Waals surface area contributed by atoms with Crippen molar-refractivity contribution < 1.29 is 27.1 Å². The lowest BCUT2D eigenvalue weighted by Gasteiger charge is -2.22. The number of aromatic nitrogens is 1. The van der Waals surface area contributed by atoms with E-state index in [9.17, 15) is 18.0 Å². The molecule has 5 nitrogen and oxygen atoms in total. The first-order valence-electron chi connectivity index (χ1n) is 8.64. The Kier molecular flexibility index (Phi) is 4.61. The highest BCUT2D eigenvalue weighted by Gasteiger charge is 2.36. The predicted molar refractivity (Wildman–Crippen MR) is 100 cm³/mol. The molecule has 0 fully saturated rings. The van der Waals surface area contributed by atoms with Crippen molar-refractivity contribution >= 4 is 28.5 Å². The maximum absolute atomic E-state index is 13.1. The third-order valence-electron chi connectivity index (χ3n) is 4.86. The lowest BCUT2D eigenvalue weighted by atomic mass is 9.98. The molecule has 1 aliphatic heterocycles. The summed E-state index contributed by atoms with van der Waals surface area (Å²) in [5.41, 5.74) is 0.984. The highest BCUT2D eigenvalue weighted by Crippen LogP contribution is 2.41. The van der Waals surface area contributed by atoms with Crippen molar-refractivity contribution in [2.24, 2.45) is 7.05 Å². The molecule has 0 aliphatic carbocycles. The molecule has 0 spiro atoms. The highest BCUT2D eigenvalue weighted by molar-refractivity contribution is 6.32. The minimum Gasteiger partial charge on any atom is -0.458 e. The summed E-state index contributed by atoms with van der Waals surface area (Å²) in [6.07, 6.45) is -4.03. The smallest absolute Gasteiger partial charge is 0.419 e. The van der Waals surface area contributed by atoms with E-state index in [1.807, 2.05) is 0 Å². The zero-order valence-corrected chi connectivity index (χ0v) is 16.0. The summed E-state index contributed by atoms with van der Waals surface area (Å²) in [4.78, 5) is 11.6. The molecule has 2 unspecified atom stereocenters. The van der Waals surface area contributed by atoms with Crippen LogP contribution in [0, 0.1) is 0 Å². The summed E-state index contributed by atoms with van der Waals surface area (Å²) >= 11 is 6.01. The number of oxazole rings is 1. The molecule has 29 heavy (non-hydrogen) atoms. The Hall–Kier alpha value is -2.87. The van der Waals surface area contributed by atoms with Gasteiger partial charge in [0.15, 0.2) is 11.3 Å². The lowest BCUT2D eigenvalue weighted by molar-refractivity contribution is -0.137. The maximum atomic E-state index is 13.1. The summed E-state index contributed by atoms with van der Waals surface area (Å²) < 4.78 is 57.2. The van der Waals surface area contributed by atoms with E-state index >= 15 is 0 Å². The van der Waals surface area contributed by atoms with Crippen molar-refractivity contribution in [3.8, 4) is 0 Å². The average molecular weight is 426 g/mol. The van der Waals surface area contributed by atoms with Crippen LogP contribution >= 0.6 is 11.6 Å². The molecule has 0 amide bonds. The van der Waals surface area contributed by atoms with Gasteiger partial charge in [0, 0.05) is 12.6 Å². The van der Waals surface area contributed by atoms with Gasteiger partial charge in [0.25, 0.3) is 0 Å². The largest absolute Gasteiger partial charge is 0.458 e. The highest BCUT2D eigenvalue weighted by atomic mass is 35.5. The first-order chi connectivity index (χ1) is 13.7. The molecule has 9 heteroatoms. The summed E-state index contributed by atoms with van der Waals surface area (Å²) in [6.45, 7) is 1.67. The Morgan fingerprint density at radius 3 is 2.69 bits per heavy atom. The van der Waals surface area contributed by atoms with Gasteiger partial charge in [-0.3, -0.25) is 4.57 Å².